The van der Waals surface area contributed by atoms with E-state index in [1.165, 1.54) is 18.6 Å². The normalized spacial score (nSPS) is 21.4. The van der Waals surface area contributed by atoms with Crippen molar-refractivity contribution >= 4 is 28.8 Å². The lowest BCUT2D eigenvalue weighted by Crippen LogP contribution is -2.43. The maximum absolute atomic E-state index is 4.73. The Hall–Kier alpha value is -1.69. The molecule has 1 saturated heterocycles. The van der Waals surface area contributed by atoms with Gasteiger partial charge in [-0.2, -0.15) is 11.8 Å². The van der Waals surface area contributed by atoms with Crippen LogP contribution in [0.5, 0.6) is 0 Å². The summed E-state index contributed by atoms with van der Waals surface area (Å²) in [5.74, 6) is 3.12. The zero-order valence-electron chi connectivity index (χ0n) is 14.8. The van der Waals surface area contributed by atoms with Gasteiger partial charge in [0.2, 0.25) is 0 Å². The first-order valence-corrected chi connectivity index (χ1v) is 9.66. The van der Waals surface area contributed by atoms with Crippen molar-refractivity contribution < 1.29 is 0 Å². The number of nitrogens with zero attached hydrogens (tertiary/aromatic N) is 3. The second-order valence-corrected chi connectivity index (χ2v) is 8.21. The molecule has 1 aromatic carbocycles. The van der Waals surface area contributed by atoms with Crippen LogP contribution >= 0.6 is 11.8 Å². The van der Waals surface area contributed by atoms with Crippen LogP contribution in [-0.4, -0.2) is 39.1 Å². The van der Waals surface area contributed by atoms with Crippen molar-refractivity contribution in [1.82, 2.24) is 20.2 Å². The summed E-state index contributed by atoms with van der Waals surface area (Å²) in [7, 11) is 2.05. The van der Waals surface area contributed by atoms with Crippen LogP contribution in [0.15, 0.2) is 29.3 Å². The van der Waals surface area contributed by atoms with Crippen LogP contribution in [0.1, 0.15) is 32.5 Å². The maximum atomic E-state index is 4.73. The average Bonchev–Trinajstić information content (AvgIpc) is 3.15. The lowest BCUT2D eigenvalue weighted by atomic mass is 10.1. The third-order valence-corrected chi connectivity index (χ3v) is 6.07. The largest absolute Gasteiger partial charge is 0.357 e. The first-order chi connectivity index (χ1) is 11.6. The summed E-state index contributed by atoms with van der Waals surface area (Å²) in [5, 5.41) is 6.85. The van der Waals surface area contributed by atoms with E-state index in [0.717, 1.165) is 35.9 Å². The third-order valence-electron chi connectivity index (χ3n) is 4.53. The van der Waals surface area contributed by atoms with Gasteiger partial charge in [0, 0.05) is 24.9 Å². The van der Waals surface area contributed by atoms with Gasteiger partial charge in [0.05, 0.1) is 11.0 Å². The molecular weight excluding hydrogens is 318 g/mol. The molecule has 0 bridgehead atoms. The number of benzene rings is 1. The summed E-state index contributed by atoms with van der Waals surface area (Å²) in [5.41, 5.74) is 2.17. The summed E-state index contributed by atoms with van der Waals surface area (Å²) in [6.07, 6.45) is 2.59. The lowest BCUT2D eigenvalue weighted by Gasteiger charge is -2.24. The number of thioether (sulfide) groups is 1. The fraction of sp³-hybridized carbons (Fsp3) is 0.556. The Kier molecular flexibility index (Phi) is 5.33. The number of guanidine groups is 1. The van der Waals surface area contributed by atoms with Crippen molar-refractivity contribution in [2.75, 3.05) is 18.8 Å². The number of aromatic nitrogens is 2. The highest BCUT2D eigenvalue weighted by Gasteiger charge is 2.29. The molecule has 1 aliphatic heterocycles. The molecule has 2 N–H and O–H groups in total. The molecule has 1 atom stereocenters. The van der Waals surface area contributed by atoms with Crippen LogP contribution in [-0.2, 0) is 13.6 Å². The molecule has 24 heavy (non-hydrogen) atoms. The number of para-hydroxylation sites is 2. The second-order valence-electron chi connectivity index (χ2n) is 6.53. The van der Waals surface area contributed by atoms with Gasteiger partial charge in [0.15, 0.2) is 5.96 Å². The number of imidazole rings is 1. The Morgan fingerprint density at radius 2 is 2.21 bits per heavy atom. The number of fused-ring (bicyclic) bond motifs is 1. The Balaban J connectivity index is 1.69. The van der Waals surface area contributed by atoms with Crippen LogP contribution in [0.25, 0.3) is 11.0 Å². The molecule has 1 fully saturated rings. The molecule has 0 aliphatic carbocycles. The number of nitrogens with one attached hydrogen (secondary N) is 2. The highest BCUT2D eigenvalue weighted by molar-refractivity contribution is 8.00. The van der Waals surface area contributed by atoms with Crippen molar-refractivity contribution in [2.24, 2.45) is 12.0 Å². The molecule has 6 heteroatoms. The van der Waals surface area contributed by atoms with Crippen molar-refractivity contribution in [1.29, 1.82) is 0 Å². The van der Waals surface area contributed by atoms with Gasteiger partial charge in [0.1, 0.15) is 12.4 Å². The van der Waals surface area contributed by atoms with Crippen LogP contribution in [0.4, 0.5) is 0 Å². The number of hydrogen-bond acceptors (Lipinski definition) is 3. The van der Waals surface area contributed by atoms with Crippen LogP contribution in [0, 0.1) is 0 Å². The summed E-state index contributed by atoms with van der Waals surface area (Å²) >= 11 is 2.06. The molecule has 0 radical (unpaired) electrons. The SMILES string of the molecule is CCNC(=NCc1nc2ccccc2n1C)NCC1(C)CCCS1. The molecule has 130 valence electrons. The minimum atomic E-state index is 0.327. The van der Waals surface area contributed by atoms with Crippen molar-refractivity contribution in [2.45, 2.75) is 38.0 Å². The first kappa shape index (κ1) is 17.1. The van der Waals surface area contributed by atoms with Gasteiger partial charge in [0.25, 0.3) is 0 Å². The standard InChI is InChI=1S/C18H27N5S/c1-4-19-17(21-13-18(2)10-7-11-24-18)20-12-16-22-14-8-5-6-9-15(14)23(16)3/h5-6,8-9H,4,7,10-13H2,1-3H3,(H2,19,20,21). The van der Waals surface area contributed by atoms with Gasteiger partial charge >= 0.3 is 0 Å². The third kappa shape index (κ3) is 3.86. The average molecular weight is 346 g/mol. The van der Waals surface area contributed by atoms with Crippen LogP contribution in [0.2, 0.25) is 0 Å². The fourth-order valence-electron chi connectivity index (χ4n) is 3.08. The Morgan fingerprint density at radius 1 is 1.38 bits per heavy atom. The molecule has 1 aliphatic rings. The molecular formula is C18H27N5S. The predicted octanol–water partition coefficient (Wildman–Crippen LogP) is 2.91. The number of rotatable bonds is 5. The van der Waals surface area contributed by atoms with E-state index < -0.39 is 0 Å². The number of aryl methyl sites for hydroxylation is 1. The highest BCUT2D eigenvalue weighted by Crippen LogP contribution is 2.36. The zero-order valence-corrected chi connectivity index (χ0v) is 15.6. The quantitative estimate of drug-likeness (QED) is 0.646. The van der Waals surface area contributed by atoms with E-state index in [4.69, 9.17) is 9.98 Å². The molecule has 0 amide bonds. The molecule has 3 rings (SSSR count). The highest BCUT2D eigenvalue weighted by atomic mass is 32.2. The van der Waals surface area contributed by atoms with Gasteiger partial charge in [-0.3, -0.25) is 0 Å². The Morgan fingerprint density at radius 3 is 2.92 bits per heavy atom. The Labute approximate surface area is 148 Å². The number of hydrogen-bond donors (Lipinski definition) is 2. The molecule has 0 saturated carbocycles. The minimum Gasteiger partial charge on any atom is -0.357 e. The minimum absolute atomic E-state index is 0.327. The van der Waals surface area contributed by atoms with Crippen LogP contribution in [0.3, 0.4) is 0 Å². The molecule has 2 aromatic rings. The monoisotopic (exact) mass is 345 g/mol. The summed E-state index contributed by atoms with van der Waals surface area (Å²) in [4.78, 5) is 9.43. The van der Waals surface area contributed by atoms with E-state index in [1.54, 1.807) is 0 Å². The predicted molar refractivity (Wildman–Crippen MR) is 104 cm³/mol. The van der Waals surface area contributed by atoms with E-state index in [-0.39, 0.29) is 0 Å². The topological polar surface area (TPSA) is 54.2 Å². The van der Waals surface area contributed by atoms with E-state index in [2.05, 4.69) is 53.9 Å². The van der Waals surface area contributed by atoms with Crippen molar-refractivity contribution in [3.8, 4) is 0 Å². The first-order valence-electron chi connectivity index (χ1n) is 8.68. The van der Waals surface area contributed by atoms with Crippen molar-refractivity contribution in [3.63, 3.8) is 0 Å². The maximum Gasteiger partial charge on any atom is 0.191 e. The molecule has 2 heterocycles. The smallest absolute Gasteiger partial charge is 0.191 e. The van der Waals surface area contributed by atoms with Gasteiger partial charge in [-0.25, -0.2) is 9.98 Å². The van der Waals surface area contributed by atoms with E-state index in [0.29, 0.717) is 11.3 Å². The van der Waals surface area contributed by atoms with E-state index in [9.17, 15) is 0 Å². The van der Waals surface area contributed by atoms with Gasteiger partial charge in [-0.05, 0) is 44.6 Å². The van der Waals surface area contributed by atoms with Crippen molar-refractivity contribution in [3.05, 3.63) is 30.1 Å². The van der Waals surface area contributed by atoms with E-state index in [1.807, 2.05) is 18.2 Å². The Bertz CT molecular complexity index is 715. The van der Waals surface area contributed by atoms with Crippen LogP contribution < -0.4 is 10.6 Å². The molecule has 1 unspecified atom stereocenters. The molecule has 5 nitrogen and oxygen atoms in total. The lowest BCUT2D eigenvalue weighted by molar-refractivity contribution is 0.584. The van der Waals surface area contributed by atoms with E-state index >= 15 is 0 Å². The summed E-state index contributed by atoms with van der Waals surface area (Å²) < 4.78 is 2.45. The number of aliphatic imine (C=N–C) groups is 1. The second kappa shape index (κ2) is 7.47. The van der Waals surface area contributed by atoms with Gasteiger partial charge < -0.3 is 15.2 Å². The zero-order chi connectivity index (χ0) is 17.0. The molecule has 1 aromatic heterocycles. The van der Waals surface area contributed by atoms with Gasteiger partial charge in [-0.15, -0.1) is 0 Å². The fourth-order valence-corrected chi connectivity index (χ4v) is 4.32. The summed E-state index contributed by atoms with van der Waals surface area (Å²) in [6.45, 7) is 6.82. The summed E-state index contributed by atoms with van der Waals surface area (Å²) in [6, 6.07) is 8.21. The molecule has 0 spiro atoms. The van der Waals surface area contributed by atoms with Gasteiger partial charge in [-0.1, -0.05) is 12.1 Å².